The minimum Gasteiger partial charge on any atom is -0.462 e. The van der Waals surface area contributed by atoms with Crippen molar-refractivity contribution in [3.8, 4) is 0 Å². The highest BCUT2D eigenvalue weighted by Crippen LogP contribution is 2.88. The third-order valence-electron chi connectivity index (χ3n) is 7.58. The maximum absolute atomic E-state index is 11.9. The van der Waals surface area contributed by atoms with Crippen molar-refractivity contribution in [2.75, 3.05) is 6.61 Å². The smallest absolute Gasteiger partial charge is 0.338 e. The first-order chi connectivity index (χ1) is 11.2. The topological polar surface area (TPSA) is 26.3 Å². The van der Waals surface area contributed by atoms with Crippen molar-refractivity contribution in [2.45, 2.75) is 57.3 Å². The molecular formula is C21H26O2. The molecule has 0 heterocycles. The molecule has 0 N–H and O–H groups in total. The average Bonchev–Trinajstić information content (AvgIpc) is 3.41. The molecular weight excluding hydrogens is 284 g/mol. The van der Waals surface area contributed by atoms with Crippen molar-refractivity contribution >= 4 is 5.97 Å². The second kappa shape index (κ2) is 4.62. The Morgan fingerprint density at radius 3 is 2.78 bits per heavy atom. The van der Waals surface area contributed by atoms with Gasteiger partial charge in [0.1, 0.15) is 0 Å². The fourth-order valence-electron chi connectivity index (χ4n) is 6.73. The largest absolute Gasteiger partial charge is 0.462 e. The maximum Gasteiger partial charge on any atom is 0.338 e. The van der Waals surface area contributed by atoms with Crippen LogP contribution in [0.15, 0.2) is 24.3 Å². The molecule has 4 saturated carbocycles. The Morgan fingerprint density at radius 1 is 1.17 bits per heavy atom. The van der Waals surface area contributed by atoms with Crippen molar-refractivity contribution in [1.82, 2.24) is 0 Å². The van der Waals surface area contributed by atoms with E-state index < -0.39 is 0 Å². The van der Waals surface area contributed by atoms with Gasteiger partial charge in [0.25, 0.3) is 0 Å². The molecule has 23 heavy (non-hydrogen) atoms. The summed E-state index contributed by atoms with van der Waals surface area (Å²) in [5.74, 6) is 2.70. The lowest BCUT2D eigenvalue weighted by molar-refractivity contribution is 0.0526. The van der Waals surface area contributed by atoms with Crippen molar-refractivity contribution in [1.29, 1.82) is 0 Å². The van der Waals surface area contributed by atoms with E-state index in [1.165, 1.54) is 50.5 Å². The number of carbonyl (C=O) groups excluding carboxylic acids is 1. The Balaban J connectivity index is 1.42. The SMILES string of the molecule is CCOC(=O)c1ccc([C@@]23C[C@H]2CC24CCCCC[C@H]2[C@H]43)cc1. The second-order valence-electron chi connectivity index (χ2n) is 8.36. The summed E-state index contributed by atoms with van der Waals surface area (Å²) in [4.78, 5) is 11.9. The van der Waals surface area contributed by atoms with E-state index in [0.717, 1.165) is 23.2 Å². The number of rotatable bonds is 3. The van der Waals surface area contributed by atoms with Crippen molar-refractivity contribution in [3.63, 3.8) is 0 Å². The highest BCUT2D eigenvalue weighted by atomic mass is 16.5. The van der Waals surface area contributed by atoms with Gasteiger partial charge in [-0.05, 0) is 73.5 Å². The number of fused-ring (bicyclic) bond motifs is 3. The minimum absolute atomic E-state index is 0.191. The van der Waals surface area contributed by atoms with Crippen molar-refractivity contribution in [2.24, 2.45) is 23.2 Å². The number of hydrogen-bond donors (Lipinski definition) is 0. The summed E-state index contributed by atoms with van der Waals surface area (Å²) in [5, 5.41) is 0. The molecule has 0 radical (unpaired) electrons. The maximum atomic E-state index is 11.9. The molecule has 1 spiro atoms. The number of ether oxygens (including phenoxy) is 1. The van der Waals surface area contributed by atoms with Crippen LogP contribution in [0.5, 0.6) is 0 Å². The van der Waals surface area contributed by atoms with Crippen LogP contribution in [0.4, 0.5) is 0 Å². The van der Waals surface area contributed by atoms with E-state index in [9.17, 15) is 4.79 Å². The van der Waals surface area contributed by atoms with Gasteiger partial charge in [0.05, 0.1) is 12.2 Å². The molecule has 122 valence electrons. The summed E-state index contributed by atoms with van der Waals surface area (Å²) in [6.07, 6.45) is 10.2. The van der Waals surface area contributed by atoms with Gasteiger partial charge in [-0.15, -0.1) is 0 Å². The van der Waals surface area contributed by atoms with Gasteiger partial charge >= 0.3 is 5.97 Å². The van der Waals surface area contributed by atoms with E-state index in [0.29, 0.717) is 17.6 Å². The van der Waals surface area contributed by atoms with Crippen LogP contribution in [0.25, 0.3) is 0 Å². The van der Waals surface area contributed by atoms with Crippen molar-refractivity contribution < 1.29 is 9.53 Å². The first-order valence-electron chi connectivity index (χ1n) is 9.50. The third kappa shape index (κ3) is 1.73. The normalized spacial score (nSPS) is 42.9. The van der Waals surface area contributed by atoms with E-state index in [2.05, 4.69) is 12.1 Å². The second-order valence-corrected chi connectivity index (χ2v) is 8.36. The average molecular weight is 310 g/mol. The summed E-state index contributed by atoms with van der Waals surface area (Å²) >= 11 is 0. The Morgan fingerprint density at radius 2 is 2.00 bits per heavy atom. The Labute approximate surface area is 138 Å². The molecule has 5 rings (SSSR count). The van der Waals surface area contributed by atoms with Gasteiger partial charge in [0.2, 0.25) is 0 Å². The van der Waals surface area contributed by atoms with Crippen LogP contribution in [0, 0.1) is 23.2 Å². The summed E-state index contributed by atoms with van der Waals surface area (Å²) < 4.78 is 5.11. The van der Waals surface area contributed by atoms with Crippen molar-refractivity contribution in [3.05, 3.63) is 35.4 Å². The van der Waals surface area contributed by atoms with Gasteiger partial charge in [-0.25, -0.2) is 4.79 Å². The van der Waals surface area contributed by atoms with Crippen LogP contribution in [-0.2, 0) is 10.2 Å². The van der Waals surface area contributed by atoms with E-state index in [4.69, 9.17) is 4.74 Å². The number of esters is 1. The first-order valence-corrected chi connectivity index (χ1v) is 9.50. The number of benzene rings is 1. The number of carbonyl (C=O) groups is 1. The van der Waals surface area contributed by atoms with Crippen LogP contribution in [-0.4, -0.2) is 12.6 Å². The molecule has 1 aromatic carbocycles. The fourth-order valence-corrected chi connectivity index (χ4v) is 6.73. The summed E-state index contributed by atoms with van der Waals surface area (Å²) in [5.41, 5.74) is 3.40. The van der Waals surface area contributed by atoms with E-state index in [-0.39, 0.29) is 5.97 Å². The van der Waals surface area contributed by atoms with Crippen LogP contribution in [0.1, 0.15) is 67.8 Å². The predicted octanol–water partition coefficient (Wildman–Crippen LogP) is 4.72. The zero-order valence-electron chi connectivity index (χ0n) is 14.0. The molecule has 4 fully saturated rings. The zero-order chi connectivity index (χ0) is 15.7. The van der Waals surface area contributed by atoms with Crippen LogP contribution < -0.4 is 0 Å². The summed E-state index contributed by atoms with van der Waals surface area (Å²) in [6, 6.07) is 8.42. The molecule has 5 atom stereocenters. The lowest BCUT2D eigenvalue weighted by Gasteiger charge is -2.17. The molecule has 2 nitrogen and oxygen atoms in total. The van der Waals surface area contributed by atoms with E-state index in [1.54, 1.807) is 0 Å². The Bertz CT molecular complexity index is 648. The Hall–Kier alpha value is -1.31. The molecule has 0 aromatic heterocycles. The lowest BCUT2D eigenvalue weighted by atomic mass is 9.87. The molecule has 4 aliphatic carbocycles. The zero-order valence-corrected chi connectivity index (χ0v) is 14.0. The van der Waals surface area contributed by atoms with Gasteiger partial charge in [0, 0.05) is 5.41 Å². The van der Waals surface area contributed by atoms with E-state index in [1.807, 2.05) is 19.1 Å². The molecule has 0 saturated heterocycles. The minimum atomic E-state index is -0.191. The van der Waals surface area contributed by atoms with Gasteiger partial charge < -0.3 is 4.74 Å². The molecule has 2 heteroatoms. The van der Waals surface area contributed by atoms with Crippen LogP contribution >= 0.6 is 0 Å². The van der Waals surface area contributed by atoms with Gasteiger partial charge in [0.15, 0.2) is 0 Å². The highest BCUT2D eigenvalue weighted by molar-refractivity contribution is 5.89. The fraction of sp³-hybridized carbons (Fsp3) is 0.667. The van der Waals surface area contributed by atoms with Gasteiger partial charge in [-0.1, -0.05) is 31.4 Å². The lowest BCUT2D eigenvalue weighted by Crippen LogP contribution is -2.14. The standard InChI is InChI=1S/C21H26O2/c1-2-23-19(22)14-7-9-15(10-8-14)21-13-16(21)12-20-11-5-3-4-6-17(20)18(20)21/h7-10,16-18H,2-6,11-13H2,1H3/t16-,17+,18-,20?,21+/m1/s1. The Kier molecular flexibility index (Phi) is 2.82. The molecule has 1 aromatic rings. The number of hydrogen-bond acceptors (Lipinski definition) is 2. The first kappa shape index (κ1) is 14.1. The van der Waals surface area contributed by atoms with Crippen LogP contribution in [0.2, 0.25) is 0 Å². The molecule has 4 aliphatic rings. The predicted molar refractivity (Wildman–Crippen MR) is 89.3 cm³/mol. The van der Waals surface area contributed by atoms with Crippen LogP contribution in [0.3, 0.4) is 0 Å². The molecule has 0 aliphatic heterocycles. The molecule has 0 amide bonds. The van der Waals surface area contributed by atoms with Gasteiger partial charge in [-0.2, -0.15) is 0 Å². The van der Waals surface area contributed by atoms with E-state index >= 15 is 0 Å². The third-order valence-corrected chi connectivity index (χ3v) is 7.58. The summed E-state index contributed by atoms with van der Waals surface area (Å²) in [7, 11) is 0. The molecule has 0 bridgehead atoms. The quantitative estimate of drug-likeness (QED) is 0.755. The van der Waals surface area contributed by atoms with Gasteiger partial charge in [-0.3, -0.25) is 0 Å². The highest BCUT2D eigenvalue weighted by Gasteiger charge is 2.83. The summed E-state index contributed by atoms with van der Waals surface area (Å²) in [6.45, 7) is 2.30. The molecule has 1 unspecified atom stereocenters. The monoisotopic (exact) mass is 310 g/mol.